The van der Waals surface area contributed by atoms with E-state index in [2.05, 4.69) is 18.7 Å². The molecule has 2 aromatic carbocycles. The first kappa shape index (κ1) is 31.6. The number of ether oxygens (including phenoxy) is 4. The van der Waals surface area contributed by atoms with Crippen LogP contribution in [0.3, 0.4) is 0 Å². The van der Waals surface area contributed by atoms with Crippen molar-refractivity contribution in [1.82, 2.24) is 9.80 Å². The molecule has 1 aliphatic rings. The summed E-state index contributed by atoms with van der Waals surface area (Å²) < 4.78 is 23.0. The Kier molecular flexibility index (Phi) is 13.2. The molecule has 2 N–H and O–H groups in total. The number of halogens is 2. The maximum atomic E-state index is 13.7. The summed E-state index contributed by atoms with van der Waals surface area (Å²) in [5, 5.41) is 0. The molecule has 1 aliphatic heterocycles. The van der Waals surface area contributed by atoms with Gasteiger partial charge in [0.25, 0.3) is 5.91 Å². The molecular formula is C26H39Cl2N3O5. The molecule has 0 aliphatic carbocycles. The largest absolute Gasteiger partial charge is 0.492 e. The van der Waals surface area contributed by atoms with Gasteiger partial charge in [0.2, 0.25) is 11.5 Å². The van der Waals surface area contributed by atoms with E-state index >= 15 is 0 Å². The fourth-order valence-electron chi connectivity index (χ4n) is 4.26. The molecule has 0 atom stereocenters. The molecule has 3 rings (SSSR count). The summed E-state index contributed by atoms with van der Waals surface area (Å²) in [5.74, 6) is 1.90. The molecule has 1 amide bonds. The van der Waals surface area contributed by atoms with Crippen molar-refractivity contribution in [3.63, 3.8) is 0 Å². The molecule has 0 unspecified atom stereocenters. The Morgan fingerprint density at radius 2 is 1.56 bits per heavy atom. The summed E-state index contributed by atoms with van der Waals surface area (Å²) in [6.45, 7) is 8.07. The van der Waals surface area contributed by atoms with E-state index in [9.17, 15) is 4.79 Å². The number of rotatable bonds is 9. The van der Waals surface area contributed by atoms with E-state index in [0.29, 0.717) is 60.0 Å². The molecule has 1 fully saturated rings. The van der Waals surface area contributed by atoms with E-state index in [1.165, 1.54) is 21.3 Å². The van der Waals surface area contributed by atoms with Crippen LogP contribution in [0.2, 0.25) is 0 Å². The molecule has 0 saturated carbocycles. The SMILES string of the molecule is COc1c(Oc2ccc(CCN)cc2)cc(C(=O)N2CCCN(C(C)C)CC2)c(OC)c1OC.Cl.Cl. The second kappa shape index (κ2) is 15.0. The third-order valence-electron chi connectivity index (χ3n) is 6.13. The lowest BCUT2D eigenvalue weighted by molar-refractivity contribution is 0.0754. The van der Waals surface area contributed by atoms with Gasteiger partial charge in [-0.1, -0.05) is 12.1 Å². The first-order chi connectivity index (χ1) is 16.4. The molecule has 0 aromatic heterocycles. The quantitative estimate of drug-likeness (QED) is 0.501. The van der Waals surface area contributed by atoms with Crippen LogP contribution in [0.1, 0.15) is 36.2 Å². The van der Waals surface area contributed by atoms with Gasteiger partial charge in [0.1, 0.15) is 5.75 Å². The minimum Gasteiger partial charge on any atom is -0.492 e. The Bertz CT molecular complexity index is 973. The molecule has 10 heteroatoms. The van der Waals surface area contributed by atoms with Crippen molar-refractivity contribution in [2.45, 2.75) is 32.7 Å². The third-order valence-corrected chi connectivity index (χ3v) is 6.13. The first-order valence-corrected chi connectivity index (χ1v) is 11.8. The fraction of sp³-hybridized carbons (Fsp3) is 0.500. The minimum atomic E-state index is -0.119. The van der Waals surface area contributed by atoms with Crippen LogP contribution in [-0.2, 0) is 6.42 Å². The maximum absolute atomic E-state index is 13.7. The normalized spacial score (nSPS) is 13.8. The van der Waals surface area contributed by atoms with Crippen molar-refractivity contribution in [3.05, 3.63) is 41.5 Å². The van der Waals surface area contributed by atoms with Gasteiger partial charge in [-0.2, -0.15) is 0 Å². The van der Waals surface area contributed by atoms with Crippen LogP contribution in [0, 0.1) is 0 Å². The van der Waals surface area contributed by atoms with E-state index in [1.54, 1.807) is 6.07 Å². The van der Waals surface area contributed by atoms with Crippen LogP contribution in [0.4, 0.5) is 0 Å². The number of nitrogens with zero attached hydrogens (tertiary/aromatic N) is 2. The van der Waals surface area contributed by atoms with E-state index in [1.807, 2.05) is 29.2 Å². The minimum absolute atomic E-state index is 0. The predicted octanol–water partition coefficient (Wildman–Crippen LogP) is 4.41. The van der Waals surface area contributed by atoms with Crippen LogP contribution in [0.15, 0.2) is 30.3 Å². The standard InChI is InChI=1S/C26H37N3O5.2ClH/c1-18(2)28-13-6-14-29(16-15-28)26(30)21-17-22(24(32-4)25(33-5)23(21)31-3)34-20-9-7-19(8-10-20)11-12-27;;/h7-10,17-18H,6,11-16,27H2,1-5H3;2*1H. The van der Waals surface area contributed by atoms with Crippen LogP contribution in [-0.4, -0.2) is 75.8 Å². The molecule has 36 heavy (non-hydrogen) atoms. The Labute approximate surface area is 226 Å². The zero-order valence-corrected chi connectivity index (χ0v) is 23.4. The molecular weight excluding hydrogens is 505 g/mol. The lowest BCUT2D eigenvalue weighted by Gasteiger charge is -2.26. The average molecular weight is 545 g/mol. The van der Waals surface area contributed by atoms with Gasteiger partial charge < -0.3 is 29.6 Å². The number of carbonyl (C=O) groups is 1. The first-order valence-electron chi connectivity index (χ1n) is 11.8. The van der Waals surface area contributed by atoms with Crippen molar-refractivity contribution in [3.8, 4) is 28.7 Å². The highest BCUT2D eigenvalue weighted by Gasteiger charge is 2.29. The van der Waals surface area contributed by atoms with Crippen LogP contribution in [0.25, 0.3) is 0 Å². The van der Waals surface area contributed by atoms with Crippen molar-refractivity contribution in [1.29, 1.82) is 0 Å². The van der Waals surface area contributed by atoms with Crippen molar-refractivity contribution in [2.75, 3.05) is 54.1 Å². The van der Waals surface area contributed by atoms with Crippen molar-refractivity contribution in [2.24, 2.45) is 5.73 Å². The van der Waals surface area contributed by atoms with Gasteiger partial charge in [-0.05, 0) is 50.9 Å². The number of carbonyl (C=O) groups excluding carboxylic acids is 1. The lowest BCUT2D eigenvalue weighted by atomic mass is 10.1. The van der Waals surface area contributed by atoms with E-state index < -0.39 is 0 Å². The monoisotopic (exact) mass is 543 g/mol. The Morgan fingerprint density at radius 1 is 0.917 bits per heavy atom. The number of methoxy groups -OCH3 is 3. The zero-order chi connectivity index (χ0) is 24.7. The lowest BCUT2D eigenvalue weighted by Crippen LogP contribution is -2.37. The summed E-state index contributed by atoms with van der Waals surface area (Å²) >= 11 is 0. The summed E-state index contributed by atoms with van der Waals surface area (Å²) in [6, 6.07) is 9.82. The van der Waals surface area contributed by atoms with E-state index in [4.69, 9.17) is 24.7 Å². The third kappa shape index (κ3) is 7.32. The number of nitrogens with two attached hydrogens (primary N) is 1. The van der Waals surface area contributed by atoms with Gasteiger partial charge in [0.15, 0.2) is 11.5 Å². The molecule has 0 bridgehead atoms. The fourth-order valence-corrected chi connectivity index (χ4v) is 4.26. The molecule has 202 valence electrons. The average Bonchev–Trinajstić information content (AvgIpc) is 3.10. The summed E-state index contributed by atoms with van der Waals surface area (Å²) in [7, 11) is 4.57. The Balaban J connectivity index is 0.00000324. The van der Waals surface area contributed by atoms with Crippen LogP contribution in [0.5, 0.6) is 28.7 Å². The van der Waals surface area contributed by atoms with Gasteiger partial charge >= 0.3 is 0 Å². The number of hydrogen-bond donors (Lipinski definition) is 1. The van der Waals surface area contributed by atoms with Crippen LogP contribution < -0.4 is 24.7 Å². The highest BCUT2D eigenvalue weighted by molar-refractivity contribution is 5.99. The zero-order valence-electron chi connectivity index (χ0n) is 21.7. The summed E-state index contributed by atoms with van der Waals surface area (Å²) in [6.07, 6.45) is 1.71. The topological polar surface area (TPSA) is 86.5 Å². The van der Waals surface area contributed by atoms with Gasteiger partial charge in [0.05, 0.1) is 26.9 Å². The molecule has 1 heterocycles. The molecule has 2 aromatic rings. The summed E-state index contributed by atoms with van der Waals surface area (Å²) in [4.78, 5) is 17.9. The Morgan fingerprint density at radius 3 is 2.11 bits per heavy atom. The second-order valence-electron chi connectivity index (χ2n) is 8.58. The summed E-state index contributed by atoms with van der Waals surface area (Å²) in [5.41, 5.74) is 7.15. The highest BCUT2D eigenvalue weighted by atomic mass is 35.5. The maximum Gasteiger partial charge on any atom is 0.257 e. The second-order valence-corrected chi connectivity index (χ2v) is 8.58. The highest BCUT2D eigenvalue weighted by Crippen LogP contribution is 2.48. The number of amides is 1. The smallest absolute Gasteiger partial charge is 0.257 e. The van der Waals surface area contributed by atoms with Gasteiger partial charge in [-0.15, -0.1) is 24.8 Å². The molecule has 0 radical (unpaired) electrons. The molecule has 8 nitrogen and oxygen atoms in total. The van der Waals surface area contributed by atoms with Gasteiger partial charge in [-0.3, -0.25) is 9.69 Å². The van der Waals surface area contributed by atoms with Crippen molar-refractivity contribution >= 4 is 30.7 Å². The molecule has 0 spiro atoms. The number of hydrogen-bond acceptors (Lipinski definition) is 7. The van der Waals surface area contributed by atoms with Gasteiger partial charge in [-0.25, -0.2) is 0 Å². The van der Waals surface area contributed by atoms with Crippen molar-refractivity contribution < 1.29 is 23.7 Å². The Hall–Kier alpha value is -2.39. The van der Waals surface area contributed by atoms with E-state index in [0.717, 1.165) is 31.5 Å². The predicted molar refractivity (Wildman–Crippen MR) is 147 cm³/mol. The molecule has 1 saturated heterocycles. The number of benzene rings is 2. The van der Waals surface area contributed by atoms with Crippen LogP contribution >= 0.6 is 24.8 Å². The van der Waals surface area contributed by atoms with E-state index in [-0.39, 0.29) is 30.7 Å². The van der Waals surface area contributed by atoms with Gasteiger partial charge in [0, 0.05) is 38.3 Å².